The van der Waals surface area contributed by atoms with E-state index in [0.29, 0.717) is 36.5 Å². The summed E-state index contributed by atoms with van der Waals surface area (Å²) >= 11 is 0. The van der Waals surface area contributed by atoms with E-state index in [1.165, 1.54) is 25.0 Å². The lowest BCUT2D eigenvalue weighted by Gasteiger charge is -2.37. The van der Waals surface area contributed by atoms with E-state index in [9.17, 15) is 4.79 Å². The zero-order valence-corrected chi connectivity index (χ0v) is 25.7. The van der Waals surface area contributed by atoms with Gasteiger partial charge in [0.05, 0.1) is 35.3 Å². The Balaban J connectivity index is 1.04. The molecular formula is C34H40N8O2. The Labute approximate surface area is 257 Å². The number of rotatable bonds is 9. The van der Waals surface area contributed by atoms with Gasteiger partial charge in [-0.05, 0) is 64.1 Å². The van der Waals surface area contributed by atoms with Gasteiger partial charge in [-0.15, -0.1) is 0 Å². The summed E-state index contributed by atoms with van der Waals surface area (Å²) in [5.41, 5.74) is 5.84. The van der Waals surface area contributed by atoms with Crippen LogP contribution in [-0.2, 0) is 6.54 Å². The number of hydrogen-bond donors (Lipinski definition) is 1. The maximum Gasteiger partial charge on any atom is 0.274 e. The minimum Gasteiger partial charge on any atom is -0.492 e. The van der Waals surface area contributed by atoms with Crippen LogP contribution in [0.4, 0.5) is 5.69 Å². The first-order chi connectivity index (χ1) is 21.4. The molecule has 1 saturated heterocycles. The third-order valence-electron chi connectivity index (χ3n) is 9.30. The number of likely N-dealkylation sites (N-methyl/N-ethyl adjacent to an activating group) is 1. The standard InChI is InChI=1S/C34H40N8O2/c1-23-21-40(16-15-39(23)3)17-18-44-27-13-14-41-31(20-35-32(41)19-27)34(43)37-29-11-6-12-30-33(29)24(2)38-42(30)22-26-9-5-10-28(36-26)25-7-4-8-25/h5-6,9-14,19-20,23,25H,4,7-8,15-18,21-22H2,1-3H3,(H,37,43). The molecule has 228 valence electrons. The number of ether oxygens (including phenoxy) is 1. The van der Waals surface area contributed by atoms with Gasteiger partial charge in [0.2, 0.25) is 0 Å². The lowest BCUT2D eigenvalue weighted by molar-refractivity contribution is 0.0928. The Morgan fingerprint density at radius 3 is 2.80 bits per heavy atom. The maximum atomic E-state index is 13.5. The summed E-state index contributed by atoms with van der Waals surface area (Å²) in [5.74, 6) is 1.10. The number of amides is 1. The quantitative estimate of drug-likeness (QED) is 0.258. The molecule has 0 bridgehead atoms. The number of benzene rings is 1. The lowest BCUT2D eigenvalue weighted by Crippen LogP contribution is -2.50. The van der Waals surface area contributed by atoms with Crippen LogP contribution in [0.3, 0.4) is 0 Å². The van der Waals surface area contributed by atoms with Crippen LogP contribution in [0, 0.1) is 6.92 Å². The van der Waals surface area contributed by atoms with Crippen molar-refractivity contribution in [1.82, 2.24) is 33.9 Å². The van der Waals surface area contributed by atoms with E-state index in [4.69, 9.17) is 14.8 Å². The molecule has 1 unspecified atom stereocenters. The Hall–Kier alpha value is -4.28. The van der Waals surface area contributed by atoms with E-state index < -0.39 is 0 Å². The second-order valence-corrected chi connectivity index (χ2v) is 12.3. The molecule has 10 heteroatoms. The largest absolute Gasteiger partial charge is 0.492 e. The summed E-state index contributed by atoms with van der Waals surface area (Å²) in [7, 11) is 2.18. The van der Waals surface area contributed by atoms with E-state index in [1.807, 2.05) is 48.1 Å². The van der Waals surface area contributed by atoms with Gasteiger partial charge in [0, 0.05) is 61.5 Å². The highest BCUT2D eigenvalue weighted by molar-refractivity contribution is 6.08. The first-order valence-corrected chi connectivity index (χ1v) is 15.7. The number of imidazole rings is 1. The number of aromatic nitrogens is 5. The summed E-state index contributed by atoms with van der Waals surface area (Å²) in [5, 5.41) is 8.88. The molecule has 1 aliphatic carbocycles. The number of anilines is 1. The molecule has 4 aromatic heterocycles. The molecule has 1 N–H and O–H groups in total. The summed E-state index contributed by atoms with van der Waals surface area (Å²) in [4.78, 5) is 27.8. The molecule has 2 fully saturated rings. The Morgan fingerprint density at radius 2 is 1.98 bits per heavy atom. The predicted molar refractivity (Wildman–Crippen MR) is 172 cm³/mol. The van der Waals surface area contributed by atoms with Crippen LogP contribution in [0.25, 0.3) is 16.6 Å². The second-order valence-electron chi connectivity index (χ2n) is 12.3. The van der Waals surface area contributed by atoms with Gasteiger partial charge in [-0.25, -0.2) is 4.98 Å². The number of nitrogens with one attached hydrogen (secondary N) is 1. The van der Waals surface area contributed by atoms with Crippen LogP contribution in [0.2, 0.25) is 0 Å². The minimum absolute atomic E-state index is 0.232. The highest BCUT2D eigenvalue weighted by atomic mass is 16.5. The molecule has 7 rings (SSSR count). The average Bonchev–Trinajstić information content (AvgIpc) is 3.55. The molecule has 5 aromatic rings. The van der Waals surface area contributed by atoms with E-state index >= 15 is 0 Å². The molecule has 5 heterocycles. The summed E-state index contributed by atoms with van der Waals surface area (Å²) in [6.07, 6.45) is 7.19. The van der Waals surface area contributed by atoms with Crippen molar-refractivity contribution in [2.24, 2.45) is 0 Å². The van der Waals surface area contributed by atoms with Gasteiger partial charge in [-0.3, -0.25) is 23.8 Å². The van der Waals surface area contributed by atoms with Gasteiger partial charge >= 0.3 is 0 Å². The zero-order chi connectivity index (χ0) is 30.2. The third-order valence-corrected chi connectivity index (χ3v) is 9.30. The summed E-state index contributed by atoms with van der Waals surface area (Å²) < 4.78 is 9.83. The average molecular weight is 593 g/mol. The monoisotopic (exact) mass is 592 g/mol. The van der Waals surface area contributed by atoms with Crippen molar-refractivity contribution < 1.29 is 9.53 Å². The Morgan fingerprint density at radius 1 is 1.11 bits per heavy atom. The van der Waals surface area contributed by atoms with Crippen molar-refractivity contribution in [2.75, 3.05) is 45.2 Å². The van der Waals surface area contributed by atoms with Crippen molar-refractivity contribution in [3.63, 3.8) is 0 Å². The number of hydrogen-bond acceptors (Lipinski definition) is 7. The van der Waals surface area contributed by atoms with Gasteiger partial charge in [0.1, 0.15) is 23.7 Å². The molecular weight excluding hydrogens is 552 g/mol. The molecule has 0 radical (unpaired) electrons. The predicted octanol–water partition coefficient (Wildman–Crippen LogP) is 4.97. The fourth-order valence-electron chi connectivity index (χ4n) is 6.34. The van der Waals surface area contributed by atoms with E-state index in [2.05, 4.69) is 52.3 Å². The molecule has 1 atom stereocenters. The number of carbonyl (C=O) groups is 1. The smallest absolute Gasteiger partial charge is 0.274 e. The Kier molecular flexibility index (Phi) is 7.78. The second kappa shape index (κ2) is 12.0. The van der Waals surface area contributed by atoms with Crippen LogP contribution in [0.5, 0.6) is 5.75 Å². The zero-order valence-electron chi connectivity index (χ0n) is 25.7. The van der Waals surface area contributed by atoms with E-state index in [1.54, 1.807) is 10.6 Å². The number of nitrogens with zero attached hydrogens (tertiary/aromatic N) is 7. The fourth-order valence-corrected chi connectivity index (χ4v) is 6.34. The number of aryl methyl sites for hydroxylation is 1. The highest BCUT2D eigenvalue weighted by Gasteiger charge is 2.22. The Bertz CT molecular complexity index is 1810. The van der Waals surface area contributed by atoms with Crippen molar-refractivity contribution in [3.8, 4) is 5.75 Å². The number of pyridine rings is 2. The van der Waals surface area contributed by atoms with E-state index in [-0.39, 0.29) is 5.91 Å². The molecule has 44 heavy (non-hydrogen) atoms. The van der Waals surface area contributed by atoms with Crippen molar-refractivity contribution in [2.45, 2.75) is 51.6 Å². The fraction of sp³-hybridized carbons (Fsp3) is 0.412. The van der Waals surface area contributed by atoms with Gasteiger partial charge < -0.3 is 15.0 Å². The maximum absolute atomic E-state index is 13.5. The molecule has 1 aromatic carbocycles. The van der Waals surface area contributed by atoms with Crippen molar-refractivity contribution in [1.29, 1.82) is 0 Å². The molecule has 0 spiro atoms. The third kappa shape index (κ3) is 5.67. The summed E-state index contributed by atoms with van der Waals surface area (Å²) in [6, 6.07) is 16.5. The number of fused-ring (bicyclic) bond motifs is 2. The van der Waals surface area contributed by atoms with Gasteiger partial charge in [0.15, 0.2) is 0 Å². The molecule has 1 aliphatic heterocycles. The lowest BCUT2D eigenvalue weighted by atomic mass is 9.82. The first-order valence-electron chi connectivity index (χ1n) is 15.7. The highest BCUT2D eigenvalue weighted by Crippen LogP contribution is 2.35. The molecule has 1 saturated carbocycles. The van der Waals surface area contributed by atoms with Crippen LogP contribution in [-0.4, -0.2) is 85.7 Å². The first kappa shape index (κ1) is 28.5. The van der Waals surface area contributed by atoms with E-state index in [0.717, 1.165) is 59.9 Å². The van der Waals surface area contributed by atoms with Crippen LogP contribution in [0.1, 0.15) is 59.7 Å². The molecule has 2 aliphatic rings. The van der Waals surface area contributed by atoms with Crippen LogP contribution in [0.15, 0.2) is 60.9 Å². The van der Waals surface area contributed by atoms with Crippen LogP contribution >= 0.6 is 0 Å². The topological polar surface area (TPSA) is 92.8 Å². The number of carbonyl (C=O) groups excluding carboxylic acids is 1. The van der Waals surface area contributed by atoms with Crippen LogP contribution < -0.4 is 10.1 Å². The van der Waals surface area contributed by atoms with Crippen molar-refractivity contribution >= 4 is 28.1 Å². The molecule has 10 nitrogen and oxygen atoms in total. The normalized spacial score (nSPS) is 18.1. The summed E-state index contributed by atoms with van der Waals surface area (Å²) in [6.45, 7) is 9.50. The SMILES string of the molecule is Cc1nn(Cc2cccc(C3CCC3)n2)c2cccc(NC(=O)c3cnc4cc(OCCN5CCN(C)C(C)C5)ccn34)c12. The van der Waals surface area contributed by atoms with Crippen molar-refractivity contribution in [3.05, 3.63) is 83.7 Å². The molecule has 1 amide bonds. The minimum atomic E-state index is -0.232. The van der Waals surface area contributed by atoms with Gasteiger partial charge in [-0.2, -0.15) is 5.10 Å². The van der Waals surface area contributed by atoms with Gasteiger partial charge in [0.25, 0.3) is 5.91 Å². The number of piperazine rings is 1. The van der Waals surface area contributed by atoms with Gasteiger partial charge in [-0.1, -0.05) is 18.6 Å².